The topological polar surface area (TPSA) is 36.7 Å². The van der Waals surface area contributed by atoms with Gasteiger partial charge in [-0.05, 0) is 6.07 Å². The molecule has 0 fully saturated rings. The van der Waals surface area contributed by atoms with Crippen LogP contribution in [0.4, 0.5) is 0 Å². The van der Waals surface area contributed by atoms with Gasteiger partial charge in [0.05, 0.1) is 0 Å². The molecule has 0 spiro atoms. The molecule has 0 aliphatic heterocycles. The van der Waals surface area contributed by atoms with Crippen LogP contribution >= 0.6 is 34.8 Å². The van der Waals surface area contributed by atoms with Crippen LogP contribution in [0.5, 0.6) is 0 Å². The second kappa shape index (κ2) is 3.49. The number of rotatable bonds is 0. The number of hydrogen-bond acceptors (Lipinski definition) is 2. The molecule has 0 amide bonds. The largest absolute Gasteiger partial charge is 0.245 e. The van der Waals surface area contributed by atoms with Crippen LogP contribution in [0.1, 0.15) is 11.3 Å². The molecule has 0 aliphatic carbocycles. The maximum Gasteiger partial charge on any atom is 0.217 e. The molecule has 1 rings (SSSR count). The first-order chi connectivity index (χ1) is 5.54. The molecule has 0 aromatic carbocycles. The third-order valence-electron chi connectivity index (χ3n) is 1.21. The lowest BCUT2D eigenvalue weighted by Gasteiger charge is -2.09. The molecule has 0 radical (unpaired) electrons. The molecule has 0 bridgehead atoms. The zero-order valence-corrected chi connectivity index (χ0v) is 8.03. The molecule has 5 heteroatoms. The van der Waals surface area contributed by atoms with E-state index in [9.17, 15) is 0 Å². The Morgan fingerprint density at radius 1 is 1.33 bits per heavy atom. The van der Waals surface area contributed by atoms with Crippen molar-refractivity contribution in [1.29, 1.82) is 5.26 Å². The van der Waals surface area contributed by atoms with Gasteiger partial charge < -0.3 is 0 Å². The summed E-state index contributed by atoms with van der Waals surface area (Å²) in [6, 6.07) is 4.92. The normalized spacial score (nSPS) is 10.8. The van der Waals surface area contributed by atoms with Crippen molar-refractivity contribution in [2.24, 2.45) is 0 Å². The highest BCUT2D eigenvalue weighted by Gasteiger charge is 2.22. The molecule has 0 saturated heterocycles. The number of pyridine rings is 1. The molecular formula is C7H3Cl3N2. The first-order valence-corrected chi connectivity index (χ1v) is 4.11. The highest BCUT2D eigenvalue weighted by atomic mass is 35.6. The van der Waals surface area contributed by atoms with Gasteiger partial charge in [-0.1, -0.05) is 40.9 Å². The Morgan fingerprint density at radius 3 is 2.33 bits per heavy atom. The summed E-state index contributed by atoms with van der Waals surface area (Å²) in [5.74, 6) is 0. The molecular weight excluding hydrogens is 218 g/mol. The van der Waals surface area contributed by atoms with Crippen molar-refractivity contribution in [3.8, 4) is 6.07 Å². The molecule has 1 aromatic heterocycles. The summed E-state index contributed by atoms with van der Waals surface area (Å²) in [5.41, 5.74) is 0.750. The van der Waals surface area contributed by atoms with E-state index in [1.54, 1.807) is 6.07 Å². The predicted molar refractivity (Wildman–Crippen MR) is 48.2 cm³/mol. The molecule has 0 aliphatic rings. The smallest absolute Gasteiger partial charge is 0.217 e. The zero-order chi connectivity index (χ0) is 9.19. The standard InChI is InChI=1S/C7H3Cl3N2/c8-7(9,10)5-1-2-6(3-11)12-4-5/h1-2,4H. The fourth-order valence-corrected chi connectivity index (χ4v) is 0.963. The zero-order valence-electron chi connectivity index (χ0n) is 5.76. The molecule has 0 atom stereocenters. The van der Waals surface area contributed by atoms with Crippen LogP contribution in [-0.2, 0) is 3.79 Å². The van der Waals surface area contributed by atoms with Crippen molar-refractivity contribution in [3.63, 3.8) is 0 Å². The number of hydrogen-bond donors (Lipinski definition) is 0. The van der Waals surface area contributed by atoms with E-state index >= 15 is 0 Å². The number of nitrogens with zero attached hydrogens (tertiary/aromatic N) is 2. The summed E-state index contributed by atoms with van der Waals surface area (Å²) in [7, 11) is 0. The van der Waals surface area contributed by atoms with Crippen molar-refractivity contribution < 1.29 is 0 Å². The Morgan fingerprint density at radius 2 is 2.00 bits per heavy atom. The van der Waals surface area contributed by atoms with Crippen molar-refractivity contribution in [2.45, 2.75) is 3.79 Å². The molecule has 2 nitrogen and oxygen atoms in total. The minimum absolute atomic E-state index is 0.299. The van der Waals surface area contributed by atoms with Gasteiger partial charge in [-0.25, -0.2) is 4.98 Å². The van der Waals surface area contributed by atoms with E-state index < -0.39 is 3.79 Å². The minimum atomic E-state index is -1.47. The molecule has 0 unspecified atom stereocenters. The van der Waals surface area contributed by atoms with E-state index in [1.807, 2.05) is 6.07 Å². The average Bonchev–Trinajstić information content (AvgIpc) is 2.03. The third-order valence-corrected chi connectivity index (χ3v) is 1.86. The Labute approximate surface area is 84.7 Å². The second-order valence-electron chi connectivity index (χ2n) is 2.04. The third kappa shape index (κ3) is 2.25. The maximum absolute atomic E-state index is 8.42. The Bertz CT molecular complexity index is 307. The first kappa shape index (κ1) is 9.60. The van der Waals surface area contributed by atoms with E-state index in [0.717, 1.165) is 0 Å². The van der Waals surface area contributed by atoms with E-state index in [4.69, 9.17) is 40.1 Å². The van der Waals surface area contributed by atoms with Crippen LogP contribution in [0.2, 0.25) is 0 Å². The highest BCUT2D eigenvalue weighted by Crippen LogP contribution is 2.37. The van der Waals surface area contributed by atoms with Gasteiger partial charge in [0.15, 0.2) is 0 Å². The van der Waals surface area contributed by atoms with E-state index in [1.165, 1.54) is 12.3 Å². The van der Waals surface area contributed by atoms with Gasteiger partial charge in [-0.2, -0.15) is 5.26 Å². The fraction of sp³-hybridized carbons (Fsp3) is 0.143. The Balaban J connectivity index is 3.02. The number of halogens is 3. The van der Waals surface area contributed by atoms with Gasteiger partial charge in [0.2, 0.25) is 3.79 Å². The van der Waals surface area contributed by atoms with Crippen molar-refractivity contribution in [1.82, 2.24) is 4.98 Å². The van der Waals surface area contributed by atoms with Crippen LogP contribution in [0.25, 0.3) is 0 Å². The van der Waals surface area contributed by atoms with Crippen LogP contribution in [0, 0.1) is 11.3 Å². The molecule has 62 valence electrons. The fourth-order valence-electron chi connectivity index (χ4n) is 0.628. The monoisotopic (exact) mass is 220 g/mol. The first-order valence-electron chi connectivity index (χ1n) is 2.97. The number of aromatic nitrogens is 1. The van der Waals surface area contributed by atoms with Crippen LogP contribution in [0.15, 0.2) is 18.3 Å². The number of alkyl halides is 3. The van der Waals surface area contributed by atoms with Crippen molar-refractivity contribution in [3.05, 3.63) is 29.6 Å². The summed E-state index contributed by atoms with van der Waals surface area (Å²) in [4.78, 5) is 3.75. The van der Waals surface area contributed by atoms with Crippen LogP contribution in [-0.4, -0.2) is 4.98 Å². The molecule has 12 heavy (non-hydrogen) atoms. The second-order valence-corrected chi connectivity index (χ2v) is 4.32. The van der Waals surface area contributed by atoms with Gasteiger partial charge in [-0.3, -0.25) is 0 Å². The summed E-state index contributed by atoms with van der Waals surface area (Å²) >= 11 is 16.7. The van der Waals surface area contributed by atoms with E-state index in [0.29, 0.717) is 11.3 Å². The van der Waals surface area contributed by atoms with Crippen LogP contribution < -0.4 is 0 Å². The van der Waals surface area contributed by atoms with Gasteiger partial charge in [0.25, 0.3) is 0 Å². The summed E-state index contributed by atoms with van der Waals surface area (Å²) in [5, 5.41) is 8.42. The van der Waals surface area contributed by atoms with E-state index in [2.05, 4.69) is 4.98 Å². The highest BCUT2D eigenvalue weighted by molar-refractivity contribution is 6.66. The summed E-state index contributed by atoms with van der Waals surface area (Å²) in [6.45, 7) is 0. The Hall–Kier alpha value is -0.490. The van der Waals surface area contributed by atoms with E-state index in [-0.39, 0.29) is 0 Å². The number of nitriles is 1. The summed E-state index contributed by atoms with van der Waals surface area (Å²) in [6.07, 6.45) is 1.37. The molecule has 0 saturated carbocycles. The molecule has 0 N–H and O–H groups in total. The summed E-state index contributed by atoms with van der Waals surface area (Å²) < 4.78 is -1.47. The minimum Gasteiger partial charge on any atom is -0.245 e. The van der Waals surface area contributed by atoms with Gasteiger partial charge >= 0.3 is 0 Å². The van der Waals surface area contributed by atoms with Gasteiger partial charge in [-0.15, -0.1) is 0 Å². The van der Waals surface area contributed by atoms with Gasteiger partial charge in [0.1, 0.15) is 11.8 Å². The average molecular weight is 221 g/mol. The van der Waals surface area contributed by atoms with Crippen LogP contribution in [0.3, 0.4) is 0 Å². The molecule has 1 heterocycles. The Kier molecular flexibility index (Phi) is 2.79. The SMILES string of the molecule is N#Cc1ccc(C(Cl)(Cl)Cl)cn1. The molecule has 1 aromatic rings. The lowest BCUT2D eigenvalue weighted by Crippen LogP contribution is -2.00. The maximum atomic E-state index is 8.42. The lowest BCUT2D eigenvalue weighted by molar-refractivity contribution is 1.15. The lowest BCUT2D eigenvalue weighted by atomic mass is 10.3. The van der Waals surface area contributed by atoms with Crippen molar-refractivity contribution in [2.75, 3.05) is 0 Å². The van der Waals surface area contributed by atoms with Gasteiger partial charge in [0, 0.05) is 11.8 Å². The predicted octanol–water partition coefficient (Wildman–Crippen LogP) is 2.78. The van der Waals surface area contributed by atoms with Crippen molar-refractivity contribution >= 4 is 34.8 Å². The quantitative estimate of drug-likeness (QED) is 0.632.